The van der Waals surface area contributed by atoms with Crippen molar-refractivity contribution >= 4 is 17.6 Å². The normalized spacial score (nSPS) is 17.2. The smallest absolute Gasteiger partial charge is 0.311 e. The Kier molecular flexibility index (Phi) is 4.65. The van der Waals surface area contributed by atoms with Crippen molar-refractivity contribution < 1.29 is 14.3 Å². The van der Waals surface area contributed by atoms with E-state index in [0.29, 0.717) is 0 Å². The molecule has 1 aliphatic heterocycles. The third-order valence-corrected chi connectivity index (χ3v) is 4.29. The van der Waals surface area contributed by atoms with Crippen molar-refractivity contribution in [3.8, 4) is 0 Å². The third kappa shape index (κ3) is 3.32. The molecule has 1 aliphatic rings. The van der Waals surface area contributed by atoms with Crippen LogP contribution in [-0.4, -0.2) is 24.0 Å². The predicted molar refractivity (Wildman–Crippen MR) is 92.8 cm³/mol. The minimum Gasteiger partial charge on any atom is -0.452 e. The van der Waals surface area contributed by atoms with Crippen LogP contribution in [-0.2, 0) is 27.2 Å². The lowest BCUT2D eigenvalue weighted by Gasteiger charge is -2.26. The molecule has 0 spiro atoms. The van der Waals surface area contributed by atoms with E-state index in [-0.39, 0.29) is 24.3 Å². The molecule has 2 aromatic carbocycles. The molecule has 0 saturated heterocycles. The van der Waals surface area contributed by atoms with Gasteiger partial charge in [-0.25, -0.2) is 0 Å². The molecule has 1 amide bonds. The van der Waals surface area contributed by atoms with Gasteiger partial charge >= 0.3 is 5.97 Å². The molecule has 0 bridgehead atoms. The Hall–Kier alpha value is -2.62. The van der Waals surface area contributed by atoms with E-state index in [9.17, 15) is 9.59 Å². The average molecular weight is 323 g/mol. The number of rotatable bonds is 4. The van der Waals surface area contributed by atoms with Crippen molar-refractivity contribution in [2.75, 3.05) is 4.90 Å². The van der Waals surface area contributed by atoms with E-state index in [1.165, 1.54) is 0 Å². The topological polar surface area (TPSA) is 46.6 Å². The van der Waals surface area contributed by atoms with Gasteiger partial charge in [0.05, 0.1) is 6.42 Å². The van der Waals surface area contributed by atoms with Crippen molar-refractivity contribution in [3.63, 3.8) is 0 Å². The molecule has 0 aromatic heterocycles. The maximum absolute atomic E-state index is 12.8. The summed E-state index contributed by atoms with van der Waals surface area (Å²) in [7, 11) is 0. The van der Waals surface area contributed by atoms with E-state index in [2.05, 4.69) is 0 Å². The van der Waals surface area contributed by atoms with Crippen LogP contribution in [0.5, 0.6) is 0 Å². The molecule has 2 aromatic rings. The van der Waals surface area contributed by atoms with Gasteiger partial charge in [-0.3, -0.25) is 9.59 Å². The molecule has 0 saturated carbocycles. The van der Waals surface area contributed by atoms with Crippen LogP contribution in [0.15, 0.2) is 54.6 Å². The number of amides is 1. The summed E-state index contributed by atoms with van der Waals surface area (Å²) in [4.78, 5) is 26.6. The lowest BCUT2D eigenvalue weighted by molar-refractivity contribution is -0.153. The van der Waals surface area contributed by atoms with Gasteiger partial charge in [-0.2, -0.15) is 0 Å². The van der Waals surface area contributed by atoms with Crippen molar-refractivity contribution in [2.24, 2.45) is 0 Å². The molecule has 0 aliphatic carbocycles. The van der Waals surface area contributed by atoms with Gasteiger partial charge in [0, 0.05) is 11.7 Å². The lowest BCUT2D eigenvalue weighted by Crippen LogP contribution is -2.43. The maximum Gasteiger partial charge on any atom is 0.311 e. The summed E-state index contributed by atoms with van der Waals surface area (Å²) in [5.74, 6) is -0.559. The van der Waals surface area contributed by atoms with Crippen LogP contribution >= 0.6 is 0 Å². The summed E-state index contributed by atoms with van der Waals surface area (Å²) in [6.45, 7) is 3.65. The molecule has 0 radical (unpaired) electrons. The summed E-state index contributed by atoms with van der Waals surface area (Å²) in [5.41, 5.74) is 2.95. The van der Waals surface area contributed by atoms with Crippen LogP contribution in [0, 0.1) is 0 Å². The first-order chi connectivity index (χ1) is 11.6. The first-order valence-corrected chi connectivity index (χ1v) is 8.20. The number of benzene rings is 2. The largest absolute Gasteiger partial charge is 0.452 e. The number of para-hydroxylation sites is 1. The predicted octanol–water partition coefficient (Wildman–Crippen LogP) is 3.14. The highest BCUT2D eigenvalue weighted by Gasteiger charge is 2.34. The zero-order chi connectivity index (χ0) is 17.1. The molecule has 3 rings (SSSR count). The molecule has 124 valence electrons. The summed E-state index contributed by atoms with van der Waals surface area (Å²) in [5, 5.41) is 0. The Labute approximate surface area is 142 Å². The Bertz CT molecular complexity index is 742. The summed E-state index contributed by atoms with van der Waals surface area (Å²) in [6.07, 6.45) is 0.201. The van der Waals surface area contributed by atoms with Gasteiger partial charge in [0.1, 0.15) is 0 Å². The van der Waals surface area contributed by atoms with Gasteiger partial charge in [0.15, 0.2) is 6.10 Å². The SMILES string of the molecule is C[C@H](OC(=O)Cc1ccccc1)C(=O)N1c2ccccc2C[C@@H]1C. The van der Waals surface area contributed by atoms with E-state index in [4.69, 9.17) is 4.74 Å². The van der Waals surface area contributed by atoms with Crippen LogP contribution in [0.25, 0.3) is 0 Å². The van der Waals surface area contributed by atoms with E-state index in [0.717, 1.165) is 23.2 Å². The average Bonchev–Trinajstić information content (AvgIpc) is 2.90. The van der Waals surface area contributed by atoms with E-state index in [1.807, 2.05) is 61.5 Å². The van der Waals surface area contributed by atoms with Crippen molar-refractivity contribution in [2.45, 2.75) is 38.8 Å². The second-order valence-corrected chi connectivity index (χ2v) is 6.18. The van der Waals surface area contributed by atoms with E-state index < -0.39 is 6.10 Å². The number of carbonyl (C=O) groups excluding carboxylic acids is 2. The Balaban J connectivity index is 1.66. The van der Waals surface area contributed by atoms with Gasteiger partial charge < -0.3 is 9.64 Å². The first-order valence-electron chi connectivity index (χ1n) is 8.20. The number of carbonyl (C=O) groups is 2. The second-order valence-electron chi connectivity index (χ2n) is 6.18. The fourth-order valence-corrected chi connectivity index (χ4v) is 3.15. The highest BCUT2D eigenvalue weighted by molar-refractivity contribution is 5.99. The van der Waals surface area contributed by atoms with Gasteiger partial charge in [-0.15, -0.1) is 0 Å². The van der Waals surface area contributed by atoms with Crippen molar-refractivity contribution in [1.82, 2.24) is 0 Å². The van der Waals surface area contributed by atoms with Crippen LogP contribution in [0.3, 0.4) is 0 Å². The van der Waals surface area contributed by atoms with Crippen LogP contribution < -0.4 is 4.90 Å². The highest BCUT2D eigenvalue weighted by atomic mass is 16.5. The quantitative estimate of drug-likeness (QED) is 0.812. The zero-order valence-electron chi connectivity index (χ0n) is 13.9. The number of hydrogen-bond donors (Lipinski definition) is 0. The molecule has 1 heterocycles. The third-order valence-electron chi connectivity index (χ3n) is 4.29. The van der Waals surface area contributed by atoms with Crippen molar-refractivity contribution in [1.29, 1.82) is 0 Å². The minimum absolute atomic E-state index is 0.0742. The van der Waals surface area contributed by atoms with Gasteiger partial charge in [-0.1, -0.05) is 48.5 Å². The standard InChI is InChI=1S/C20H21NO3/c1-14-12-17-10-6-7-11-18(17)21(14)20(23)15(2)24-19(22)13-16-8-4-3-5-9-16/h3-11,14-15H,12-13H2,1-2H3/t14-,15-/m0/s1. The number of fused-ring (bicyclic) bond motifs is 1. The maximum atomic E-state index is 12.8. The molecule has 24 heavy (non-hydrogen) atoms. The monoisotopic (exact) mass is 323 g/mol. The molecular weight excluding hydrogens is 302 g/mol. The molecule has 4 nitrogen and oxygen atoms in total. The Morgan fingerprint density at radius 3 is 2.54 bits per heavy atom. The molecule has 0 fully saturated rings. The molecular formula is C20H21NO3. The zero-order valence-corrected chi connectivity index (χ0v) is 13.9. The summed E-state index contributed by atoms with van der Waals surface area (Å²) in [6, 6.07) is 17.3. The Morgan fingerprint density at radius 2 is 1.79 bits per heavy atom. The molecule has 4 heteroatoms. The fraction of sp³-hybridized carbons (Fsp3) is 0.300. The minimum atomic E-state index is -0.796. The Morgan fingerprint density at radius 1 is 1.12 bits per heavy atom. The van der Waals surface area contributed by atoms with Crippen LogP contribution in [0.4, 0.5) is 5.69 Å². The molecule has 0 unspecified atom stereocenters. The lowest BCUT2D eigenvalue weighted by atomic mass is 10.1. The van der Waals surface area contributed by atoms with Gasteiger partial charge in [-0.05, 0) is 37.5 Å². The van der Waals surface area contributed by atoms with Crippen molar-refractivity contribution in [3.05, 3.63) is 65.7 Å². The molecule has 0 N–H and O–H groups in total. The highest BCUT2D eigenvalue weighted by Crippen LogP contribution is 2.32. The first kappa shape index (κ1) is 16.2. The summed E-state index contributed by atoms with van der Waals surface area (Å²) < 4.78 is 5.36. The molecule has 2 atom stereocenters. The van der Waals surface area contributed by atoms with E-state index >= 15 is 0 Å². The second kappa shape index (κ2) is 6.87. The number of anilines is 1. The number of esters is 1. The van der Waals surface area contributed by atoms with Crippen LogP contribution in [0.2, 0.25) is 0 Å². The number of nitrogens with zero attached hydrogens (tertiary/aromatic N) is 1. The fourth-order valence-electron chi connectivity index (χ4n) is 3.15. The van der Waals surface area contributed by atoms with Gasteiger partial charge in [0.25, 0.3) is 5.91 Å². The number of hydrogen-bond acceptors (Lipinski definition) is 3. The van der Waals surface area contributed by atoms with Gasteiger partial charge in [0.2, 0.25) is 0 Å². The summed E-state index contributed by atoms with van der Waals surface area (Å²) >= 11 is 0. The van der Waals surface area contributed by atoms with E-state index in [1.54, 1.807) is 11.8 Å². The van der Waals surface area contributed by atoms with Crippen LogP contribution in [0.1, 0.15) is 25.0 Å². The number of ether oxygens (including phenoxy) is 1.